The van der Waals surface area contributed by atoms with E-state index >= 15 is 0 Å². The molecule has 35 heavy (non-hydrogen) atoms. The van der Waals surface area contributed by atoms with E-state index in [1.807, 2.05) is 72.8 Å². The van der Waals surface area contributed by atoms with Gasteiger partial charge in [0, 0.05) is 28.9 Å². The van der Waals surface area contributed by atoms with Crippen LogP contribution in [-0.4, -0.2) is 31.5 Å². The van der Waals surface area contributed by atoms with Gasteiger partial charge in [-0.05, 0) is 35.4 Å². The zero-order valence-corrected chi connectivity index (χ0v) is 21.4. The second-order valence-corrected chi connectivity index (χ2v) is 11.2. The highest BCUT2D eigenvalue weighted by molar-refractivity contribution is 9.10. The monoisotopic (exact) mass is 566 g/mol. The molecule has 5 atom stereocenters. The van der Waals surface area contributed by atoms with Gasteiger partial charge in [0.05, 0.1) is 15.3 Å². The third kappa shape index (κ3) is 3.37. The summed E-state index contributed by atoms with van der Waals surface area (Å²) in [4.78, 5) is 8.95. The zero-order chi connectivity index (χ0) is 24.2. The smallest absolute Gasteiger partial charge is 0.182 e. The van der Waals surface area contributed by atoms with Crippen LogP contribution in [0.1, 0.15) is 22.7 Å². The summed E-state index contributed by atoms with van der Waals surface area (Å²) in [5.41, 5.74) is -1.26. The van der Waals surface area contributed by atoms with E-state index in [1.165, 1.54) is 18.0 Å². The number of aliphatic hydroxyl groups excluding tert-OH is 1. The first-order chi connectivity index (χ1) is 16.9. The largest absolute Gasteiger partial charge is 0.476 e. The molecule has 3 heterocycles. The third-order valence-electron chi connectivity index (χ3n) is 6.85. The van der Waals surface area contributed by atoms with Crippen molar-refractivity contribution >= 4 is 39.3 Å². The highest BCUT2D eigenvalue weighted by atomic mass is 79.9. The zero-order valence-electron chi connectivity index (χ0n) is 18.3. The lowest BCUT2D eigenvalue weighted by molar-refractivity contribution is -0.150. The van der Waals surface area contributed by atoms with Crippen molar-refractivity contribution in [1.82, 2.24) is 9.97 Å². The average Bonchev–Trinajstić information content (AvgIpc) is 3.23. The van der Waals surface area contributed by atoms with E-state index < -0.39 is 28.5 Å². The number of thioether (sulfide) groups is 1. The van der Waals surface area contributed by atoms with Crippen molar-refractivity contribution in [1.29, 1.82) is 0 Å². The number of ether oxygens (including phenoxy) is 1. The van der Waals surface area contributed by atoms with Crippen LogP contribution in [0.3, 0.4) is 0 Å². The van der Waals surface area contributed by atoms with Gasteiger partial charge in [0.2, 0.25) is 0 Å². The molecule has 2 N–H and O–H groups in total. The van der Waals surface area contributed by atoms with Crippen LogP contribution < -0.4 is 4.74 Å². The van der Waals surface area contributed by atoms with Crippen LogP contribution in [-0.2, 0) is 11.2 Å². The second-order valence-electron chi connectivity index (χ2n) is 8.69. The topological polar surface area (TPSA) is 75.5 Å². The van der Waals surface area contributed by atoms with Crippen LogP contribution in [0.15, 0.2) is 101 Å². The molecule has 2 aromatic carbocycles. The molecule has 0 spiro atoms. The molecular formula is C27H20BrClN2O3S. The predicted octanol–water partition coefficient (Wildman–Crippen LogP) is 5.69. The molecule has 0 amide bonds. The average molecular weight is 568 g/mol. The lowest BCUT2D eigenvalue weighted by atomic mass is 9.72. The fraction of sp³-hybridized carbons (Fsp3) is 0.185. The molecular weight excluding hydrogens is 548 g/mol. The Hall–Kier alpha value is -2.42. The number of nitrogens with zero attached hydrogens (tertiary/aromatic N) is 2. The minimum atomic E-state index is -1.84. The lowest BCUT2D eigenvalue weighted by Crippen LogP contribution is -2.52. The summed E-state index contributed by atoms with van der Waals surface area (Å²) < 4.78 is 7.62. The SMILES string of the molecule is O[C@H]1[C@H](Sc2ccccn2)[C@@H](c2ccccc2)[C@]2(c3ccc(Br)cc3)Oc3cc(Cl)cnc3[C@]12O. The molecule has 4 aromatic rings. The summed E-state index contributed by atoms with van der Waals surface area (Å²) in [6.45, 7) is 0. The number of hydrogen-bond donors (Lipinski definition) is 2. The number of pyridine rings is 2. The molecule has 1 fully saturated rings. The summed E-state index contributed by atoms with van der Waals surface area (Å²) in [5.74, 6) is -0.0888. The quantitative estimate of drug-likeness (QED) is 0.330. The van der Waals surface area contributed by atoms with Gasteiger partial charge in [-0.1, -0.05) is 87.8 Å². The highest BCUT2D eigenvalue weighted by Gasteiger charge is 2.77. The van der Waals surface area contributed by atoms with E-state index in [0.717, 1.165) is 20.6 Å². The maximum absolute atomic E-state index is 12.6. The molecule has 1 saturated carbocycles. The van der Waals surface area contributed by atoms with Crippen molar-refractivity contribution in [2.45, 2.75) is 33.5 Å². The van der Waals surface area contributed by atoms with Crippen LogP contribution in [0.2, 0.25) is 5.02 Å². The molecule has 0 saturated heterocycles. The molecule has 176 valence electrons. The Labute approximate surface area is 220 Å². The van der Waals surface area contributed by atoms with Crippen LogP contribution in [0.4, 0.5) is 0 Å². The second kappa shape index (κ2) is 8.61. The highest BCUT2D eigenvalue weighted by Crippen LogP contribution is 2.68. The van der Waals surface area contributed by atoms with Crippen LogP contribution in [0, 0.1) is 0 Å². The number of aliphatic hydroxyl groups is 2. The fourth-order valence-electron chi connectivity index (χ4n) is 5.45. The standard InChI is InChI=1S/C27H20BrClN2O3S/c28-18-11-9-17(10-12-18)27-22(16-6-2-1-3-7-16)23(35-21-8-4-5-13-30-21)25(32)26(27,33)24-20(34-27)14-19(29)15-31-24/h1-15,22-23,25,32-33H/t22-,23-,25+,26+,27+/m1/s1. The first-order valence-corrected chi connectivity index (χ1v) is 13.1. The van der Waals surface area contributed by atoms with E-state index in [4.69, 9.17) is 16.3 Å². The Bertz CT molecular complexity index is 1380. The molecule has 1 aliphatic heterocycles. The maximum Gasteiger partial charge on any atom is 0.182 e. The first-order valence-electron chi connectivity index (χ1n) is 11.1. The lowest BCUT2D eigenvalue weighted by Gasteiger charge is -2.40. The van der Waals surface area contributed by atoms with Gasteiger partial charge in [-0.15, -0.1) is 0 Å². The van der Waals surface area contributed by atoms with Crippen molar-refractivity contribution in [2.75, 3.05) is 0 Å². The summed E-state index contributed by atoms with van der Waals surface area (Å²) in [5, 5.41) is 25.2. The summed E-state index contributed by atoms with van der Waals surface area (Å²) in [6.07, 6.45) is 1.97. The van der Waals surface area contributed by atoms with Gasteiger partial charge in [-0.25, -0.2) is 4.98 Å². The van der Waals surface area contributed by atoms with Gasteiger partial charge < -0.3 is 14.9 Å². The van der Waals surface area contributed by atoms with Gasteiger partial charge in [-0.3, -0.25) is 4.98 Å². The van der Waals surface area contributed by atoms with Crippen LogP contribution in [0.25, 0.3) is 0 Å². The third-order valence-corrected chi connectivity index (χ3v) is 8.87. The molecule has 0 unspecified atom stereocenters. The van der Waals surface area contributed by atoms with E-state index in [2.05, 4.69) is 25.9 Å². The number of fused-ring (bicyclic) bond motifs is 3. The van der Waals surface area contributed by atoms with Crippen molar-refractivity contribution in [3.63, 3.8) is 0 Å². The van der Waals surface area contributed by atoms with E-state index in [-0.39, 0.29) is 5.69 Å². The Balaban J connectivity index is 1.64. The van der Waals surface area contributed by atoms with Gasteiger partial charge in [0.15, 0.2) is 11.2 Å². The van der Waals surface area contributed by atoms with Gasteiger partial charge >= 0.3 is 0 Å². The molecule has 2 aromatic heterocycles. The van der Waals surface area contributed by atoms with Crippen molar-refractivity contribution in [3.8, 4) is 5.75 Å². The molecule has 1 aliphatic carbocycles. The minimum absolute atomic E-state index is 0.280. The normalized spacial score (nSPS) is 28.9. The minimum Gasteiger partial charge on any atom is -0.476 e. The van der Waals surface area contributed by atoms with Crippen LogP contribution in [0.5, 0.6) is 5.75 Å². The Morgan fingerprint density at radius 2 is 1.71 bits per heavy atom. The Kier molecular flexibility index (Phi) is 5.66. The molecule has 0 radical (unpaired) electrons. The fourth-order valence-corrected chi connectivity index (χ4v) is 7.23. The number of rotatable bonds is 4. The van der Waals surface area contributed by atoms with Gasteiger partial charge in [-0.2, -0.15) is 0 Å². The van der Waals surface area contributed by atoms with Crippen molar-refractivity contribution in [3.05, 3.63) is 118 Å². The molecule has 0 bridgehead atoms. The number of aromatic nitrogens is 2. The Morgan fingerprint density at radius 3 is 2.43 bits per heavy atom. The van der Waals surface area contributed by atoms with Crippen molar-refractivity contribution < 1.29 is 14.9 Å². The Morgan fingerprint density at radius 1 is 0.971 bits per heavy atom. The molecule has 5 nitrogen and oxygen atoms in total. The summed E-state index contributed by atoms with van der Waals surface area (Å²) in [7, 11) is 0. The molecule has 6 rings (SSSR count). The summed E-state index contributed by atoms with van der Waals surface area (Å²) >= 11 is 11.2. The van der Waals surface area contributed by atoms with E-state index in [0.29, 0.717) is 10.8 Å². The van der Waals surface area contributed by atoms with Gasteiger partial charge in [0.1, 0.15) is 17.5 Å². The summed E-state index contributed by atoms with van der Waals surface area (Å²) in [6, 6.07) is 24.8. The number of benzene rings is 2. The van der Waals surface area contributed by atoms with E-state index in [1.54, 1.807) is 12.3 Å². The maximum atomic E-state index is 12.6. The van der Waals surface area contributed by atoms with Crippen molar-refractivity contribution in [2.24, 2.45) is 0 Å². The predicted molar refractivity (Wildman–Crippen MR) is 139 cm³/mol. The van der Waals surface area contributed by atoms with Crippen LogP contribution >= 0.6 is 39.3 Å². The number of halogens is 2. The van der Waals surface area contributed by atoms with E-state index in [9.17, 15) is 10.2 Å². The number of hydrogen-bond acceptors (Lipinski definition) is 6. The molecule has 8 heteroatoms. The molecule has 2 aliphatic rings. The first kappa shape index (κ1) is 23.0. The van der Waals surface area contributed by atoms with Gasteiger partial charge in [0.25, 0.3) is 0 Å².